The zero-order valence-corrected chi connectivity index (χ0v) is 18.6. The Bertz CT molecular complexity index is 914. The van der Waals surface area contributed by atoms with Crippen LogP contribution in [-0.2, 0) is 22.4 Å². The largest absolute Gasteiger partial charge is 0.494 e. The summed E-state index contributed by atoms with van der Waals surface area (Å²) in [4.78, 5) is 26.0. The minimum atomic E-state index is -0.389. The standard InChI is InChI=1S/C24H29NO4S/c1-4-5-14-29-18-10-7-17(8-11-18)9-13-21(26)25-23-22(24(27)28-3)19-12-6-16(2)15-20(19)30-23/h7-11,13,16H,4-6,12,14-15H2,1-3H3,(H,25,26)/b13-9+. The van der Waals surface area contributed by atoms with Crippen molar-refractivity contribution >= 4 is 34.3 Å². The Hall–Kier alpha value is -2.60. The van der Waals surface area contributed by atoms with Crippen molar-refractivity contribution in [2.24, 2.45) is 5.92 Å². The number of benzene rings is 1. The van der Waals surface area contributed by atoms with Crippen molar-refractivity contribution in [1.82, 2.24) is 0 Å². The summed E-state index contributed by atoms with van der Waals surface area (Å²) in [6.45, 7) is 5.05. The van der Waals surface area contributed by atoms with Crippen LogP contribution in [0.5, 0.6) is 5.75 Å². The number of hydrogen-bond donors (Lipinski definition) is 1. The van der Waals surface area contributed by atoms with Crippen LogP contribution in [0.15, 0.2) is 30.3 Å². The fourth-order valence-corrected chi connectivity index (χ4v) is 4.89. The molecule has 1 aromatic carbocycles. The van der Waals surface area contributed by atoms with Gasteiger partial charge in [-0.05, 0) is 60.9 Å². The highest BCUT2D eigenvalue weighted by molar-refractivity contribution is 7.17. The van der Waals surface area contributed by atoms with Crippen molar-refractivity contribution in [2.45, 2.75) is 46.0 Å². The first-order chi connectivity index (χ1) is 14.5. The lowest BCUT2D eigenvalue weighted by Crippen LogP contribution is -2.14. The van der Waals surface area contributed by atoms with Gasteiger partial charge in [-0.2, -0.15) is 0 Å². The van der Waals surface area contributed by atoms with Crippen LogP contribution in [0.4, 0.5) is 5.00 Å². The molecule has 1 atom stereocenters. The normalized spacial score (nSPS) is 15.6. The molecule has 0 bridgehead atoms. The van der Waals surface area contributed by atoms with Crippen LogP contribution >= 0.6 is 11.3 Å². The first-order valence-electron chi connectivity index (χ1n) is 10.5. The number of anilines is 1. The van der Waals surface area contributed by atoms with E-state index in [0.717, 1.165) is 49.0 Å². The lowest BCUT2D eigenvalue weighted by Gasteiger charge is -2.18. The zero-order valence-electron chi connectivity index (χ0n) is 17.8. The molecule has 1 aromatic heterocycles. The minimum absolute atomic E-state index is 0.268. The Balaban J connectivity index is 1.68. The number of ether oxygens (including phenoxy) is 2. The molecule has 30 heavy (non-hydrogen) atoms. The fraction of sp³-hybridized carbons (Fsp3) is 0.417. The Morgan fingerprint density at radius 3 is 2.73 bits per heavy atom. The number of esters is 1. The van der Waals surface area contributed by atoms with Crippen molar-refractivity contribution in [3.05, 3.63) is 51.9 Å². The quantitative estimate of drug-likeness (QED) is 0.344. The van der Waals surface area contributed by atoms with Gasteiger partial charge in [-0.25, -0.2) is 4.79 Å². The first kappa shape index (κ1) is 22.1. The SMILES string of the molecule is CCCCOc1ccc(/C=C/C(=O)Nc2sc3c(c2C(=O)OC)CCC(C)C3)cc1. The second-order valence-electron chi connectivity index (χ2n) is 7.64. The maximum Gasteiger partial charge on any atom is 0.341 e. The summed E-state index contributed by atoms with van der Waals surface area (Å²) < 4.78 is 10.6. The summed E-state index contributed by atoms with van der Waals surface area (Å²) in [7, 11) is 1.37. The monoisotopic (exact) mass is 427 g/mol. The lowest BCUT2D eigenvalue weighted by molar-refractivity contribution is -0.111. The molecular formula is C24H29NO4S. The van der Waals surface area contributed by atoms with Gasteiger partial charge < -0.3 is 14.8 Å². The zero-order chi connectivity index (χ0) is 21.5. The van der Waals surface area contributed by atoms with Crippen LogP contribution < -0.4 is 10.1 Å². The highest BCUT2D eigenvalue weighted by atomic mass is 32.1. The van der Waals surface area contributed by atoms with Gasteiger partial charge in [-0.15, -0.1) is 11.3 Å². The number of carbonyl (C=O) groups excluding carboxylic acids is 2. The molecule has 0 radical (unpaired) electrons. The molecule has 0 aliphatic heterocycles. The van der Waals surface area contributed by atoms with E-state index in [2.05, 4.69) is 19.2 Å². The summed E-state index contributed by atoms with van der Waals surface area (Å²) in [5.74, 6) is 0.750. The molecule has 0 spiro atoms. The van der Waals surface area contributed by atoms with Gasteiger partial charge >= 0.3 is 5.97 Å². The predicted molar refractivity (Wildman–Crippen MR) is 121 cm³/mol. The van der Waals surface area contributed by atoms with E-state index in [9.17, 15) is 9.59 Å². The third-order valence-electron chi connectivity index (χ3n) is 5.21. The number of methoxy groups -OCH3 is 1. The second kappa shape index (κ2) is 10.4. The molecule has 1 heterocycles. The van der Waals surface area contributed by atoms with Crippen LogP contribution in [0.2, 0.25) is 0 Å². The van der Waals surface area contributed by atoms with Crippen molar-refractivity contribution in [3.63, 3.8) is 0 Å². The summed E-state index contributed by atoms with van der Waals surface area (Å²) in [6, 6.07) is 7.63. The van der Waals surface area contributed by atoms with E-state index in [0.29, 0.717) is 23.1 Å². The molecule has 0 saturated carbocycles. The van der Waals surface area contributed by atoms with E-state index in [4.69, 9.17) is 9.47 Å². The van der Waals surface area contributed by atoms with E-state index < -0.39 is 0 Å². The van der Waals surface area contributed by atoms with Crippen molar-refractivity contribution in [2.75, 3.05) is 19.0 Å². The predicted octanol–water partition coefficient (Wildman–Crippen LogP) is 5.49. The molecule has 1 aliphatic rings. The molecule has 160 valence electrons. The minimum Gasteiger partial charge on any atom is -0.494 e. The van der Waals surface area contributed by atoms with Crippen LogP contribution in [0.25, 0.3) is 6.08 Å². The lowest BCUT2D eigenvalue weighted by atomic mass is 9.88. The van der Waals surface area contributed by atoms with E-state index in [1.54, 1.807) is 6.08 Å². The third-order valence-corrected chi connectivity index (χ3v) is 6.38. The number of amides is 1. The van der Waals surface area contributed by atoms with Crippen LogP contribution in [0.3, 0.4) is 0 Å². The van der Waals surface area contributed by atoms with Gasteiger partial charge in [0.15, 0.2) is 0 Å². The van der Waals surface area contributed by atoms with Crippen molar-refractivity contribution in [1.29, 1.82) is 0 Å². The number of hydrogen-bond acceptors (Lipinski definition) is 5. The molecule has 1 aliphatic carbocycles. The van der Waals surface area contributed by atoms with Gasteiger partial charge in [0.05, 0.1) is 19.3 Å². The van der Waals surface area contributed by atoms with Gasteiger partial charge in [0.1, 0.15) is 10.8 Å². The number of thiophene rings is 1. The van der Waals surface area contributed by atoms with Gasteiger partial charge in [-0.3, -0.25) is 4.79 Å². The Morgan fingerprint density at radius 1 is 1.27 bits per heavy atom. The van der Waals surface area contributed by atoms with Crippen LogP contribution in [0.1, 0.15) is 59.5 Å². The molecule has 6 heteroatoms. The molecular weight excluding hydrogens is 398 g/mol. The molecule has 5 nitrogen and oxygen atoms in total. The number of unbranched alkanes of at least 4 members (excludes halogenated alkanes) is 1. The second-order valence-corrected chi connectivity index (χ2v) is 8.75. The smallest absolute Gasteiger partial charge is 0.341 e. The molecule has 1 amide bonds. The molecule has 2 aromatic rings. The first-order valence-corrected chi connectivity index (χ1v) is 11.3. The van der Waals surface area contributed by atoms with Crippen molar-refractivity contribution < 1.29 is 19.1 Å². The van der Waals surface area contributed by atoms with Gasteiger partial charge in [-0.1, -0.05) is 32.4 Å². The maximum absolute atomic E-state index is 12.5. The topological polar surface area (TPSA) is 64.6 Å². The molecule has 1 N–H and O–H groups in total. The molecule has 1 unspecified atom stereocenters. The maximum atomic E-state index is 12.5. The highest BCUT2D eigenvalue weighted by Crippen LogP contribution is 2.40. The van der Waals surface area contributed by atoms with Crippen LogP contribution in [-0.4, -0.2) is 25.6 Å². The van der Waals surface area contributed by atoms with Crippen molar-refractivity contribution in [3.8, 4) is 5.75 Å². The summed E-state index contributed by atoms with van der Waals surface area (Å²) in [5, 5.41) is 3.46. The fourth-order valence-electron chi connectivity index (χ4n) is 3.49. The average molecular weight is 428 g/mol. The number of fused-ring (bicyclic) bond motifs is 1. The highest BCUT2D eigenvalue weighted by Gasteiger charge is 2.28. The summed E-state index contributed by atoms with van der Waals surface area (Å²) in [6.07, 6.45) is 8.17. The number of carbonyl (C=O) groups is 2. The van der Waals surface area contributed by atoms with E-state index in [-0.39, 0.29) is 11.9 Å². The average Bonchev–Trinajstić information content (AvgIpc) is 3.09. The van der Waals surface area contributed by atoms with Crippen LogP contribution in [0, 0.1) is 5.92 Å². The number of nitrogens with one attached hydrogen (secondary N) is 1. The number of rotatable bonds is 8. The van der Waals surface area contributed by atoms with E-state index >= 15 is 0 Å². The third kappa shape index (κ3) is 5.51. The Labute approximate surface area is 182 Å². The Morgan fingerprint density at radius 2 is 2.03 bits per heavy atom. The van der Waals surface area contributed by atoms with Gasteiger partial charge in [0, 0.05) is 11.0 Å². The Kier molecular flexibility index (Phi) is 7.69. The molecule has 0 saturated heterocycles. The van der Waals surface area contributed by atoms with Gasteiger partial charge in [0.25, 0.3) is 0 Å². The van der Waals surface area contributed by atoms with E-state index in [1.165, 1.54) is 29.4 Å². The van der Waals surface area contributed by atoms with Gasteiger partial charge in [0.2, 0.25) is 5.91 Å². The molecule has 3 rings (SSSR count). The summed E-state index contributed by atoms with van der Waals surface area (Å²) in [5.41, 5.74) is 2.45. The summed E-state index contributed by atoms with van der Waals surface area (Å²) >= 11 is 1.49. The molecule has 0 fully saturated rings. The van der Waals surface area contributed by atoms with E-state index in [1.807, 2.05) is 24.3 Å².